The number of amides is 3. The molecule has 1 atom stereocenters. The fraction of sp³-hybridized carbons (Fsp3) is 0.192. The van der Waals surface area contributed by atoms with Crippen molar-refractivity contribution in [1.82, 2.24) is 5.32 Å². The summed E-state index contributed by atoms with van der Waals surface area (Å²) >= 11 is 0. The fourth-order valence-electron chi connectivity index (χ4n) is 3.43. The monoisotopic (exact) mass is 427 g/mol. The van der Waals surface area contributed by atoms with Crippen molar-refractivity contribution in [2.75, 3.05) is 10.6 Å². The van der Waals surface area contributed by atoms with Gasteiger partial charge in [-0.05, 0) is 48.7 Å². The van der Waals surface area contributed by atoms with Gasteiger partial charge in [-0.1, -0.05) is 54.6 Å². The van der Waals surface area contributed by atoms with Gasteiger partial charge in [0.25, 0.3) is 5.91 Å². The molecule has 3 N–H and O–H groups in total. The van der Waals surface area contributed by atoms with E-state index < -0.39 is 6.04 Å². The zero-order valence-corrected chi connectivity index (χ0v) is 17.6. The first-order valence-electron chi connectivity index (χ1n) is 10.7. The second-order valence-electron chi connectivity index (χ2n) is 7.90. The van der Waals surface area contributed by atoms with E-state index in [-0.39, 0.29) is 30.1 Å². The average molecular weight is 428 g/mol. The van der Waals surface area contributed by atoms with E-state index in [0.29, 0.717) is 16.9 Å². The number of carbonyl (C=O) groups is 3. The molecule has 0 aliphatic heterocycles. The molecule has 1 aliphatic carbocycles. The first-order valence-corrected chi connectivity index (χ1v) is 10.7. The van der Waals surface area contributed by atoms with Gasteiger partial charge in [0.15, 0.2) is 0 Å². The van der Waals surface area contributed by atoms with Crippen LogP contribution >= 0.6 is 0 Å². The minimum Gasteiger partial charge on any atom is -0.345 e. The molecule has 1 saturated carbocycles. The van der Waals surface area contributed by atoms with Crippen molar-refractivity contribution in [2.45, 2.75) is 25.3 Å². The smallest absolute Gasteiger partial charge is 0.251 e. The summed E-state index contributed by atoms with van der Waals surface area (Å²) in [6.07, 6.45) is 1.93. The Hall–Kier alpha value is -3.93. The van der Waals surface area contributed by atoms with Crippen molar-refractivity contribution >= 4 is 29.1 Å². The van der Waals surface area contributed by atoms with E-state index in [0.717, 1.165) is 18.4 Å². The number of hydrogen-bond acceptors (Lipinski definition) is 3. The molecule has 0 spiro atoms. The molecule has 0 bridgehead atoms. The third-order valence-corrected chi connectivity index (χ3v) is 5.29. The Morgan fingerprint density at radius 2 is 1.41 bits per heavy atom. The van der Waals surface area contributed by atoms with Crippen LogP contribution < -0.4 is 16.0 Å². The van der Waals surface area contributed by atoms with Crippen LogP contribution in [0.4, 0.5) is 11.4 Å². The summed E-state index contributed by atoms with van der Waals surface area (Å²) < 4.78 is 0. The predicted octanol–water partition coefficient (Wildman–Crippen LogP) is 4.54. The van der Waals surface area contributed by atoms with Crippen LogP contribution in [-0.2, 0) is 9.59 Å². The van der Waals surface area contributed by atoms with Crippen LogP contribution in [0.3, 0.4) is 0 Å². The minimum absolute atomic E-state index is 0.0150. The van der Waals surface area contributed by atoms with Crippen molar-refractivity contribution in [3.8, 4) is 0 Å². The SMILES string of the molecule is O=C(CC(NC(=O)c1ccccc1)c1ccccc1)Nc1cccc(NC(=O)C2CC2)c1. The molecule has 0 saturated heterocycles. The first-order chi connectivity index (χ1) is 15.6. The summed E-state index contributed by atoms with van der Waals surface area (Å²) in [5, 5.41) is 8.72. The van der Waals surface area contributed by atoms with Gasteiger partial charge in [0.05, 0.1) is 12.5 Å². The molecule has 1 fully saturated rings. The van der Waals surface area contributed by atoms with Gasteiger partial charge in [-0.2, -0.15) is 0 Å². The van der Waals surface area contributed by atoms with Gasteiger partial charge >= 0.3 is 0 Å². The van der Waals surface area contributed by atoms with Crippen LogP contribution in [0.2, 0.25) is 0 Å². The van der Waals surface area contributed by atoms with Gasteiger partial charge in [0.1, 0.15) is 0 Å². The van der Waals surface area contributed by atoms with Crippen LogP contribution in [0, 0.1) is 5.92 Å². The third-order valence-electron chi connectivity index (χ3n) is 5.29. The molecule has 6 nitrogen and oxygen atoms in total. The summed E-state index contributed by atoms with van der Waals surface area (Å²) in [7, 11) is 0. The second-order valence-corrected chi connectivity index (χ2v) is 7.90. The van der Waals surface area contributed by atoms with Crippen LogP contribution in [0.1, 0.15) is 41.2 Å². The number of carbonyl (C=O) groups excluding carboxylic acids is 3. The Kier molecular flexibility index (Phi) is 6.60. The summed E-state index contributed by atoms with van der Waals surface area (Å²) in [5.74, 6) is -0.357. The summed E-state index contributed by atoms with van der Waals surface area (Å²) in [6.45, 7) is 0. The highest BCUT2D eigenvalue weighted by Gasteiger charge is 2.29. The maximum absolute atomic E-state index is 12.8. The average Bonchev–Trinajstić information content (AvgIpc) is 3.66. The van der Waals surface area contributed by atoms with E-state index in [2.05, 4.69) is 16.0 Å². The molecular formula is C26H25N3O3. The quantitative estimate of drug-likeness (QED) is 0.493. The number of nitrogens with one attached hydrogen (secondary N) is 3. The molecule has 1 unspecified atom stereocenters. The lowest BCUT2D eigenvalue weighted by molar-refractivity contribution is -0.117. The Balaban J connectivity index is 1.43. The standard InChI is InChI=1S/C26H25N3O3/c30-24(27-21-12-7-13-22(16-21)28-25(31)20-14-15-20)17-23(18-8-3-1-4-9-18)29-26(32)19-10-5-2-6-11-19/h1-13,16,20,23H,14-15,17H2,(H,27,30)(H,28,31)(H,29,32). The molecule has 32 heavy (non-hydrogen) atoms. The fourth-order valence-corrected chi connectivity index (χ4v) is 3.43. The van der Waals surface area contributed by atoms with Crippen LogP contribution in [0.15, 0.2) is 84.9 Å². The zero-order valence-electron chi connectivity index (χ0n) is 17.6. The van der Waals surface area contributed by atoms with Crippen LogP contribution in [0.25, 0.3) is 0 Å². The molecule has 3 aromatic rings. The highest BCUT2D eigenvalue weighted by molar-refractivity contribution is 5.97. The molecule has 6 heteroatoms. The molecular weight excluding hydrogens is 402 g/mol. The predicted molar refractivity (Wildman–Crippen MR) is 124 cm³/mol. The number of anilines is 2. The summed E-state index contributed by atoms with van der Waals surface area (Å²) in [6, 6.07) is 24.9. The molecule has 1 aliphatic rings. The lowest BCUT2D eigenvalue weighted by Crippen LogP contribution is -2.31. The first kappa shape index (κ1) is 21.3. The van der Waals surface area contributed by atoms with Gasteiger partial charge in [-0.25, -0.2) is 0 Å². The van der Waals surface area contributed by atoms with Gasteiger partial charge in [0.2, 0.25) is 11.8 Å². The van der Waals surface area contributed by atoms with Crippen molar-refractivity contribution in [1.29, 1.82) is 0 Å². The van der Waals surface area contributed by atoms with E-state index in [1.165, 1.54) is 0 Å². The number of hydrogen-bond donors (Lipinski definition) is 3. The molecule has 3 aromatic carbocycles. The highest BCUT2D eigenvalue weighted by Crippen LogP contribution is 2.30. The normalized spacial score (nSPS) is 13.6. The van der Waals surface area contributed by atoms with E-state index in [9.17, 15) is 14.4 Å². The van der Waals surface area contributed by atoms with E-state index >= 15 is 0 Å². The van der Waals surface area contributed by atoms with E-state index in [1.54, 1.807) is 48.5 Å². The second kappa shape index (κ2) is 9.92. The highest BCUT2D eigenvalue weighted by atomic mass is 16.2. The van der Waals surface area contributed by atoms with Gasteiger partial charge < -0.3 is 16.0 Å². The molecule has 162 valence electrons. The van der Waals surface area contributed by atoms with E-state index in [1.807, 2.05) is 36.4 Å². The molecule has 0 radical (unpaired) electrons. The molecule has 3 amide bonds. The van der Waals surface area contributed by atoms with Crippen LogP contribution in [-0.4, -0.2) is 17.7 Å². The van der Waals surface area contributed by atoms with E-state index in [4.69, 9.17) is 0 Å². The topological polar surface area (TPSA) is 87.3 Å². The summed E-state index contributed by atoms with van der Waals surface area (Å²) in [4.78, 5) is 37.5. The van der Waals surface area contributed by atoms with Crippen molar-refractivity contribution in [3.05, 3.63) is 96.1 Å². The lowest BCUT2D eigenvalue weighted by atomic mass is 10.0. The minimum atomic E-state index is -0.485. The van der Waals surface area contributed by atoms with Crippen molar-refractivity contribution in [3.63, 3.8) is 0 Å². The lowest BCUT2D eigenvalue weighted by Gasteiger charge is -2.19. The van der Waals surface area contributed by atoms with Crippen molar-refractivity contribution in [2.24, 2.45) is 5.92 Å². The van der Waals surface area contributed by atoms with Crippen LogP contribution in [0.5, 0.6) is 0 Å². The Labute approximate surface area is 187 Å². The largest absolute Gasteiger partial charge is 0.345 e. The maximum atomic E-state index is 12.8. The Morgan fingerprint density at radius 3 is 2.06 bits per heavy atom. The maximum Gasteiger partial charge on any atom is 0.251 e. The molecule has 0 aromatic heterocycles. The van der Waals surface area contributed by atoms with Gasteiger partial charge in [-0.15, -0.1) is 0 Å². The van der Waals surface area contributed by atoms with Gasteiger partial charge in [0, 0.05) is 22.9 Å². The number of benzene rings is 3. The third kappa shape index (κ3) is 5.82. The summed E-state index contributed by atoms with van der Waals surface area (Å²) in [5.41, 5.74) is 2.62. The van der Waals surface area contributed by atoms with Crippen molar-refractivity contribution < 1.29 is 14.4 Å². The Morgan fingerprint density at radius 1 is 0.781 bits per heavy atom. The Bertz CT molecular complexity index is 1100. The molecule has 4 rings (SSSR count). The van der Waals surface area contributed by atoms with Gasteiger partial charge in [-0.3, -0.25) is 14.4 Å². The zero-order chi connectivity index (χ0) is 22.3. The molecule has 0 heterocycles. The number of rotatable bonds is 8.